The highest BCUT2D eigenvalue weighted by Gasteiger charge is 2.13. The summed E-state index contributed by atoms with van der Waals surface area (Å²) in [4.78, 5) is 13.2. The molecule has 20 heavy (non-hydrogen) atoms. The van der Waals surface area contributed by atoms with Gasteiger partial charge < -0.3 is 5.32 Å². The van der Waals surface area contributed by atoms with Gasteiger partial charge in [0, 0.05) is 12.1 Å². The lowest BCUT2D eigenvalue weighted by Gasteiger charge is -2.13. The third kappa shape index (κ3) is 2.01. The quantitative estimate of drug-likeness (QED) is 0.789. The minimum atomic E-state index is 0.841. The molecule has 0 atom stereocenters. The number of nitrogens with zero attached hydrogens (tertiary/aromatic N) is 4. The zero-order valence-corrected chi connectivity index (χ0v) is 11.7. The first-order chi connectivity index (χ1) is 9.85. The zero-order valence-electron chi connectivity index (χ0n) is 11.7. The van der Waals surface area contributed by atoms with Gasteiger partial charge in [0.25, 0.3) is 0 Å². The number of benzene rings is 1. The molecule has 0 saturated carbocycles. The lowest BCUT2D eigenvalue weighted by Crippen LogP contribution is -2.09. The molecular weight excluding hydrogens is 250 g/mol. The lowest BCUT2D eigenvalue weighted by molar-refractivity contribution is 0.934. The molecule has 5 heteroatoms. The third-order valence-electron chi connectivity index (χ3n) is 3.30. The van der Waals surface area contributed by atoms with Gasteiger partial charge in [-0.3, -0.25) is 4.57 Å². The largest absolute Gasteiger partial charge is 0.370 e. The van der Waals surface area contributed by atoms with Crippen LogP contribution in [0, 0.1) is 0 Å². The predicted molar refractivity (Wildman–Crippen MR) is 80.2 cm³/mol. The van der Waals surface area contributed by atoms with Gasteiger partial charge in [0.15, 0.2) is 0 Å². The summed E-state index contributed by atoms with van der Waals surface area (Å²) in [6.45, 7) is 5.02. The molecule has 0 aliphatic rings. The number of fused-ring (bicyclic) bond motifs is 1. The highest BCUT2D eigenvalue weighted by molar-refractivity contribution is 5.77. The molecule has 2 aromatic heterocycles. The van der Waals surface area contributed by atoms with Crippen molar-refractivity contribution in [2.24, 2.45) is 0 Å². The van der Waals surface area contributed by atoms with Crippen LogP contribution in [0.1, 0.15) is 19.4 Å². The average molecular weight is 267 g/mol. The van der Waals surface area contributed by atoms with Gasteiger partial charge in [-0.15, -0.1) is 0 Å². The van der Waals surface area contributed by atoms with Crippen molar-refractivity contribution in [3.63, 3.8) is 0 Å². The summed E-state index contributed by atoms with van der Waals surface area (Å²) in [5.41, 5.74) is 3.14. The number of aromatic nitrogens is 4. The van der Waals surface area contributed by atoms with Crippen LogP contribution >= 0.6 is 0 Å². The summed E-state index contributed by atoms with van der Waals surface area (Å²) in [6.07, 6.45) is 4.29. The van der Waals surface area contributed by atoms with E-state index in [4.69, 9.17) is 0 Å². The second-order valence-electron chi connectivity index (χ2n) is 4.51. The number of rotatable bonds is 4. The fourth-order valence-corrected chi connectivity index (χ4v) is 2.38. The second kappa shape index (κ2) is 5.28. The Kier molecular flexibility index (Phi) is 3.33. The molecule has 2 heterocycles. The average Bonchev–Trinajstić information content (AvgIpc) is 2.91. The molecule has 0 fully saturated rings. The minimum Gasteiger partial charge on any atom is -0.370 e. The van der Waals surface area contributed by atoms with Gasteiger partial charge in [-0.1, -0.05) is 19.1 Å². The van der Waals surface area contributed by atoms with Crippen LogP contribution in [0.5, 0.6) is 0 Å². The van der Waals surface area contributed by atoms with Crippen molar-refractivity contribution in [1.82, 2.24) is 19.5 Å². The first-order valence-electron chi connectivity index (χ1n) is 6.85. The lowest BCUT2D eigenvalue weighted by atomic mass is 10.2. The maximum atomic E-state index is 4.46. The molecule has 1 aromatic carbocycles. The van der Waals surface area contributed by atoms with Gasteiger partial charge in [-0.25, -0.2) is 15.0 Å². The highest BCUT2D eigenvalue weighted by atomic mass is 15.1. The Balaban J connectivity index is 2.21. The van der Waals surface area contributed by atoms with Gasteiger partial charge in [0.05, 0.1) is 11.0 Å². The molecule has 0 aliphatic carbocycles. The van der Waals surface area contributed by atoms with Crippen LogP contribution in [0.3, 0.4) is 0 Å². The van der Waals surface area contributed by atoms with E-state index in [1.165, 1.54) is 0 Å². The van der Waals surface area contributed by atoms with Gasteiger partial charge in [0.1, 0.15) is 24.3 Å². The van der Waals surface area contributed by atoms with E-state index in [0.717, 1.165) is 41.2 Å². The van der Waals surface area contributed by atoms with E-state index in [1.54, 1.807) is 6.33 Å². The van der Waals surface area contributed by atoms with Gasteiger partial charge in [0.2, 0.25) is 0 Å². The van der Waals surface area contributed by atoms with Crippen LogP contribution in [0.15, 0.2) is 36.9 Å². The molecule has 0 aliphatic heterocycles. The van der Waals surface area contributed by atoms with Gasteiger partial charge >= 0.3 is 0 Å². The third-order valence-corrected chi connectivity index (χ3v) is 3.30. The van der Waals surface area contributed by atoms with Crippen LogP contribution in [0.2, 0.25) is 0 Å². The van der Waals surface area contributed by atoms with E-state index in [0.29, 0.717) is 0 Å². The molecule has 3 rings (SSSR count). The maximum absolute atomic E-state index is 4.46. The number of imidazole rings is 1. The Morgan fingerprint density at radius 3 is 2.75 bits per heavy atom. The molecule has 0 saturated heterocycles. The standard InChI is InChI=1S/C15H17N5/c1-3-11-14(16-4-2)17-9-18-15(11)20-10-19-12-7-5-6-8-13(12)20/h5-10H,3-4H2,1-2H3,(H,16,17,18). The summed E-state index contributed by atoms with van der Waals surface area (Å²) >= 11 is 0. The van der Waals surface area contributed by atoms with Crippen LogP contribution in [0.4, 0.5) is 5.82 Å². The normalized spacial score (nSPS) is 10.9. The molecule has 102 valence electrons. The number of hydrogen-bond donors (Lipinski definition) is 1. The molecule has 3 aromatic rings. The zero-order chi connectivity index (χ0) is 13.9. The molecular formula is C15H17N5. The smallest absolute Gasteiger partial charge is 0.147 e. The van der Waals surface area contributed by atoms with Crippen molar-refractivity contribution in [1.29, 1.82) is 0 Å². The van der Waals surface area contributed by atoms with Crippen LogP contribution in [-0.2, 0) is 6.42 Å². The Labute approximate surface area is 117 Å². The summed E-state index contributed by atoms with van der Waals surface area (Å²) < 4.78 is 2.02. The van der Waals surface area contributed by atoms with E-state index in [2.05, 4.69) is 40.2 Å². The molecule has 0 unspecified atom stereocenters. The Bertz CT molecular complexity index is 732. The molecule has 0 spiro atoms. The molecule has 0 bridgehead atoms. The summed E-state index contributed by atoms with van der Waals surface area (Å²) in [5.74, 6) is 1.80. The van der Waals surface area contributed by atoms with Gasteiger partial charge in [-0.05, 0) is 25.5 Å². The van der Waals surface area contributed by atoms with Crippen molar-refractivity contribution >= 4 is 16.9 Å². The Morgan fingerprint density at radius 2 is 1.95 bits per heavy atom. The van der Waals surface area contributed by atoms with Gasteiger partial charge in [-0.2, -0.15) is 0 Å². The van der Waals surface area contributed by atoms with Crippen molar-refractivity contribution in [3.05, 3.63) is 42.5 Å². The predicted octanol–water partition coefficient (Wildman–Crippen LogP) is 2.81. The number of nitrogens with one attached hydrogen (secondary N) is 1. The summed E-state index contributed by atoms with van der Waals surface area (Å²) in [7, 11) is 0. The fraction of sp³-hybridized carbons (Fsp3) is 0.267. The number of para-hydroxylation sites is 2. The SMILES string of the molecule is CCNc1ncnc(-n2cnc3ccccc32)c1CC. The van der Waals surface area contributed by atoms with Crippen LogP contribution in [0.25, 0.3) is 16.9 Å². The first kappa shape index (κ1) is 12.6. The Morgan fingerprint density at radius 1 is 1.10 bits per heavy atom. The van der Waals surface area contributed by atoms with E-state index in [1.807, 2.05) is 29.1 Å². The minimum absolute atomic E-state index is 0.841. The monoisotopic (exact) mass is 267 g/mol. The van der Waals surface area contributed by atoms with Crippen LogP contribution < -0.4 is 5.32 Å². The summed E-state index contributed by atoms with van der Waals surface area (Å²) in [5, 5.41) is 3.29. The van der Waals surface area contributed by atoms with E-state index in [9.17, 15) is 0 Å². The first-order valence-corrected chi connectivity index (χ1v) is 6.85. The second-order valence-corrected chi connectivity index (χ2v) is 4.51. The van der Waals surface area contributed by atoms with Crippen molar-refractivity contribution in [2.75, 3.05) is 11.9 Å². The van der Waals surface area contributed by atoms with Crippen molar-refractivity contribution in [2.45, 2.75) is 20.3 Å². The van der Waals surface area contributed by atoms with Crippen molar-refractivity contribution < 1.29 is 0 Å². The fourth-order valence-electron chi connectivity index (χ4n) is 2.38. The number of anilines is 1. The molecule has 0 radical (unpaired) electrons. The van der Waals surface area contributed by atoms with Crippen LogP contribution in [-0.4, -0.2) is 26.1 Å². The maximum Gasteiger partial charge on any atom is 0.147 e. The van der Waals surface area contributed by atoms with E-state index < -0.39 is 0 Å². The molecule has 0 amide bonds. The topological polar surface area (TPSA) is 55.6 Å². The highest BCUT2D eigenvalue weighted by Crippen LogP contribution is 2.23. The van der Waals surface area contributed by atoms with E-state index >= 15 is 0 Å². The number of hydrogen-bond acceptors (Lipinski definition) is 4. The molecule has 1 N–H and O–H groups in total. The summed E-state index contributed by atoms with van der Waals surface area (Å²) in [6, 6.07) is 8.06. The van der Waals surface area contributed by atoms with E-state index in [-0.39, 0.29) is 0 Å². The Hall–Kier alpha value is -2.43. The van der Waals surface area contributed by atoms with Crippen molar-refractivity contribution in [3.8, 4) is 5.82 Å². The molecule has 5 nitrogen and oxygen atoms in total.